The number of fused-ring (bicyclic) bond motifs is 1. The summed E-state index contributed by atoms with van der Waals surface area (Å²) in [4.78, 5) is 0. The van der Waals surface area contributed by atoms with E-state index in [0.717, 1.165) is 24.8 Å². The van der Waals surface area contributed by atoms with Gasteiger partial charge in [-0.25, -0.2) is 0 Å². The Morgan fingerprint density at radius 1 is 0.944 bits per heavy atom. The van der Waals surface area contributed by atoms with Crippen LogP contribution >= 0.6 is 0 Å². The number of rotatable bonds is 1. The Morgan fingerprint density at radius 3 is 2.67 bits per heavy atom. The fraction of sp³-hybridized carbons (Fsp3) is 0.250. The van der Waals surface area contributed by atoms with Gasteiger partial charge in [0, 0.05) is 11.5 Å². The summed E-state index contributed by atoms with van der Waals surface area (Å²) in [5, 5.41) is 19.6. The van der Waals surface area contributed by atoms with Gasteiger partial charge < -0.3 is 10.2 Å². The number of benzene rings is 2. The Kier molecular flexibility index (Phi) is 2.71. The third kappa shape index (κ3) is 1.84. The molecule has 0 heterocycles. The van der Waals surface area contributed by atoms with Crippen molar-refractivity contribution in [2.45, 2.75) is 25.2 Å². The zero-order valence-electron chi connectivity index (χ0n) is 10.1. The molecule has 92 valence electrons. The van der Waals surface area contributed by atoms with Crippen LogP contribution in [0.4, 0.5) is 0 Å². The number of phenolic OH excluding ortho intramolecular Hbond substituents is 2. The normalized spacial score (nSPS) is 18.3. The second-order valence-corrected chi connectivity index (χ2v) is 4.89. The van der Waals surface area contributed by atoms with Crippen LogP contribution in [-0.4, -0.2) is 10.2 Å². The topological polar surface area (TPSA) is 40.5 Å². The second kappa shape index (κ2) is 4.37. The van der Waals surface area contributed by atoms with E-state index in [2.05, 4.69) is 18.2 Å². The van der Waals surface area contributed by atoms with E-state index in [1.807, 2.05) is 6.07 Å². The summed E-state index contributed by atoms with van der Waals surface area (Å²) in [7, 11) is 0. The first-order valence-corrected chi connectivity index (χ1v) is 6.35. The quantitative estimate of drug-likeness (QED) is 0.748. The zero-order chi connectivity index (χ0) is 12.5. The molecule has 2 heteroatoms. The molecule has 18 heavy (non-hydrogen) atoms. The molecule has 0 saturated heterocycles. The van der Waals surface area contributed by atoms with Crippen LogP contribution in [0.25, 0.3) is 0 Å². The SMILES string of the molecule is Oc1ccc(O)c(C2CCCc3ccccc32)c1. The molecule has 0 aromatic heterocycles. The molecule has 0 saturated carbocycles. The van der Waals surface area contributed by atoms with Crippen molar-refractivity contribution >= 4 is 0 Å². The van der Waals surface area contributed by atoms with Gasteiger partial charge in [-0.2, -0.15) is 0 Å². The summed E-state index contributed by atoms with van der Waals surface area (Å²) in [6, 6.07) is 13.2. The minimum absolute atomic E-state index is 0.196. The average Bonchev–Trinajstić information content (AvgIpc) is 2.41. The van der Waals surface area contributed by atoms with Crippen LogP contribution in [0, 0.1) is 0 Å². The Balaban J connectivity index is 2.11. The number of hydrogen-bond acceptors (Lipinski definition) is 2. The standard InChI is InChI=1S/C16H16O2/c17-12-8-9-16(18)15(10-12)14-7-3-5-11-4-1-2-6-13(11)14/h1-2,4,6,8-10,14,17-18H,3,5,7H2. The highest BCUT2D eigenvalue weighted by Gasteiger charge is 2.23. The van der Waals surface area contributed by atoms with E-state index < -0.39 is 0 Å². The summed E-state index contributed by atoms with van der Waals surface area (Å²) in [5.41, 5.74) is 3.48. The molecule has 2 aromatic carbocycles. The van der Waals surface area contributed by atoms with Crippen molar-refractivity contribution in [1.82, 2.24) is 0 Å². The number of hydrogen-bond donors (Lipinski definition) is 2. The summed E-state index contributed by atoms with van der Waals surface area (Å²) in [5.74, 6) is 0.683. The van der Waals surface area contributed by atoms with Gasteiger partial charge in [0.15, 0.2) is 0 Å². The molecule has 1 aliphatic carbocycles. The number of aryl methyl sites for hydroxylation is 1. The molecule has 2 N–H and O–H groups in total. The molecule has 0 bridgehead atoms. The largest absolute Gasteiger partial charge is 0.508 e. The molecule has 1 aliphatic rings. The molecular formula is C16H16O2. The fourth-order valence-corrected chi connectivity index (χ4v) is 2.90. The predicted octanol–water partition coefficient (Wildman–Crippen LogP) is 3.57. The fourth-order valence-electron chi connectivity index (χ4n) is 2.90. The van der Waals surface area contributed by atoms with Gasteiger partial charge in [-0.1, -0.05) is 24.3 Å². The maximum absolute atomic E-state index is 10.0. The van der Waals surface area contributed by atoms with Crippen LogP contribution in [0.15, 0.2) is 42.5 Å². The first kappa shape index (κ1) is 11.1. The van der Waals surface area contributed by atoms with Crippen molar-refractivity contribution in [1.29, 1.82) is 0 Å². The lowest BCUT2D eigenvalue weighted by atomic mass is 9.78. The van der Waals surface area contributed by atoms with E-state index >= 15 is 0 Å². The first-order chi connectivity index (χ1) is 8.75. The molecule has 0 aliphatic heterocycles. The second-order valence-electron chi connectivity index (χ2n) is 4.89. The van der Waals surface area contributed by atoms with Crippen LogP contribution in [-0.2, 0) is 6.42 Å². The Morgan fingerprint density at radius 2 is 1.78 bits per heavy atom. The third-order valence-electron chi connectivity index (χ3n) is 3.76. The predicted molar refractivity (Wildman–Crippen MR) is 71.0 cm³/mol. The van der Waals surface area contributed by atoms with Crippen LogP contribution in [0.3, 0.4) is 0 Å². The minimum Gasteiger partial charge on any atom is -0.508 e. The van der Waals surface area contributed by atoms with Crippen molar-refractivity contribution in [3.05, 3.63) is 59.2 Å². The van der Waals surface area contributed by atoms with Crippen LogP contribution in [0.1, 0.15) is 35.4 Å². The van der Waals surface area contributed by atoms with E-state index in [1.165, 1.54) is 17.2 Å². The summed E-state index contributed by atoms with van der Waals surface area (Å²) in [6.45, 7) is 0. The average molecular weight is 240 g/mol. The summed E-state index contributed by atoms with van der Waals surface area (Å²) >= 11 is 0. The van der Waals surface area contributed by atoms with E-state index in [4.69, 9.17) is 0 Å². The summed E-state index contributed by atoms with van der Waals surface area (Å²) < 4.78 is 0. The monoisotopic (exact) mass is 240 g/mol. The van der Waals surface area contributed by atoms with Gasteiger partial charge in [0.25, 0.3) is 0 Å². The molecule has 0 spiro atoms. The minimum atomic E-state index is 0.196. The van der Waals surface area contributed by atoms with Gasteiger partial charge in [0.1, 0.15) is 11.5 Å². The lowest BCUT2D eigenvalue weighted by molar-refractivity contribution is 0.447. The number of phenols is 2. The van der Waals surface area contributed by atoms with E-state index in [9.17, 15) is 10.2 Å². The maximum Gasteiger partial charge on any atom is 0.119 e. The molecule has 0 fully saturated rings. The van der Waals surface area contributed by atoms with Crippen LogP contribution in [0.5, 0.6) is 11.5 Å². The van der Waals surface area contributed by atoms with Gasteiger partial charge >= 0.3 is 0 Å². The van der Waals surface area contributed by atoms with Crippen LogP contribution in [0.2, 0.25) is 0 Å². The van der Waals surface area contributed by atoms with Gasteiger partial charge in [0.05, 0.1) is 0 Å². The lowest BCUT2D eigenvalue weighted by Gasteiger charge is -2.26. The molecule has 0 radical (unpaired) electrons. The van der Waals surface area contributed by atoms with Crippen molar-refractivity contribution in [2.24, 2.45) is 0 Å². The van der Waals surface area contributed by atoms with Crippen molar-refractivity contribution in [2.75, 3.05) is 0 Å². The molecule has 1 unspecified atom stereocenters. The Bertz CT molecular complexity index is 575. The molecule has 2 nitrogen and oxygen atoms in total. The van der Waals surface area contributed by atoms with Crippen LogP contribution < -0.4 is 0 Å². The van der Waals surface area contributed by atoms with E-state index in [-0.39, 0.29) is 17.4 Å². The third-order valence-corrected chi connectivity index (χ3v) is 3.76. The highest BCUT2D eigenvalue weighted by molar-refractivity contribution is 5.48. The molecule has 2 aromatic rings. The highest BCUT2D eigenvalue weighted by Crippen LogP contribution is 2.41. The van der Waals surface area contributed by atoms with Gasteiger partial charge in [-0.05, 0) is 48.6 Å². The molecule has 3 rings (SSSR count). The van der Waals surface area contributed by atoms with Gasteiger partial charge in [0.2, 0.25) is 0 Å². The highest BCUT2D eigenvalue weighted by atomic mass is 16.3. The number of aromatic hydroxyl groups is 2. The lowest BCUT2D eigenvalue weighted by Crippen LogP contribution is -2.10. The molecular weight excluding hydrogens is 224 g/mol. The Hall–Kier alpha value is -1.96. The van der Waals surface area contributed by atoms with Gasteiger partial charge in [-0.3, -0.25) is 0 Å². The van der Waals surface area contributed by atoms with Gasteiger partial charge in [-0.15, -0.1) is 0 Å². The summed E-state index contributed by atoms with van der Waals surface area (Å²) in [6.07, 6.45) is 3.25. The zero-order valence-corrected chi connectivity index (χ0v) is 10.1. The van der Waals surface area contributed by atoms with Crippen molar-refractivity contribution in [3.63, 3.8) is 0 Å². The smallest absolute Gasteiger partial charge is 0.119 e. The van der Waals surface area contributed by atoms with Crippen molar-refractivity contribution < 1.29 is 10.2 Å². The maximum atomic E-state index is 10.0. The van der Waals surface area contributed by atoms with Crippen molar-refractivity contribution in [3.8, 4) is 11.5 Å². The Labute approximate surface area is 107 Å². The molecule has 1 atom stereocenters. The first-order valence-electron chi connectivity index (χ1n) is 6.35. The van der Waals surface area contributed by atoms with E-state index in [1.54, 1.807) is 12.1 Å². The van der Waals surface area contributed by atoms with E-state index in [0.29, 0.717) is 0 Å². The molecule has 0 amide bonds.